The van der Waals surface area contributed by atoms with Crippen LogP contribution in [-0.4, -0.2) is 10.8 Å². The Morgan fingerprint density at radius 2 is 1.81 bits per heavy atom. The van der Waals surface area contributed by atoms with Crippen molar-refractivity contribution in [2.24, 2.45) is 0 Å². The lowest BCUT2D eigenvalue weighted by molar-refractivity contribution is -0.384. The van der Waals surface area contributed by atoms with Crippen LogP contribution in [0.4, 0.5) is 15.8 Å². The molecule has 3 rings (SSSR count). The van der Waals surface area contributed by atoms with E-state index in [9.17, 15) is 24.6 Å². The first kappa shape index (κ1) is 17.4. The van der Waals surface area contributed by atoms with Crippen LogP contribution >= 0.6 is 12.6 Å². The molecular weight excluding hydrogens is 359 g/mol. The third-order valence-electron chi connectivity index (χ3n) is 3.84. The zero-order chi connectivity index (χ0) is 18.8. The van der Waals surface area contributed by atoms with Crippen LogP contribution in [0.3, 0.4) is 0 Å². The standard InChI is InChI=1S/C17H11FN4O3S/c18-11-3-7-12(8-4-11)21-15(20-16(23)14(9-19)17(21)26)10-1-5-13(6-2-10)22(24)25/h1-8,15,26H,(H,20,23). The van der Waals surface area contributed by atoms with Crippen molar-refractivity contribution < 1.29 is 14.1 Å². The van der Waals surface area contributed by atoms with E-state index in [4.69, 9.17) is 0 Å². The third kappa shape index (κ3) is 3.10. The SMILES string of the molecule is N#CC1=C(S)N(c2ccc(F)cc2)C(c2ccc([N+](=O)[O-])cc2)NC1=O. The summed E-state index contributed by atoms with van der Waals surface area (Å²) in [5, 5.41) is 22.8. The molecule has 26 heavy (non-hydrogen) atoms. The number of halogens is 1. The molecule has 0 radical (unpaired) electrons. The summed E-state index contributed by atoms with van der Waals surface area (Å²) in [6, 6.07) is 12.9. The Labute approximate surface area is 152 Å². The van der Waals surface area contributed by atoms with Gasteiger partial charge in [0.2, 0.25) is 0 Å². The smallest absolute Gasteiger partial charge is 0.269 e. The van der Waals surface area contributed by atoms with Gasteiger partial charge in [0.25, 0.3) is 11.6 Å². The van der Waals surface area contributed by atoms with Crippen molar-refractivity contribution in [1.29, 1.82) is 5.26 Å². The van der Waals surface area contributed by atoms with Crippen molar-refractivity contribution in [2.45, 2.75) is 6.17 Å². The van der Waals surface area contributed by atoms with E-state index >= 15 is 0 Å². The highest BCUT2D eigenvalue weighted by Gasteiger charge is 2.34. The van der Waals surface area contributed by atoms with Gasteiger partial charge in [-0.15, -0.1) is 12.6 Å². The number of nitriles is 1. The summed E-state index contributed by atoms with van der Waals surface area (Å²) in [7, 11) is 0. The van der Waals surface area contributed by atoms with E-state index in [2.05, 4.69) is 17.9 Å². The van der Waals surface area contributed by atoms with Gasteiger partial charge in [0.05, 0.1) is 9.95 Å². The van der Waals surface area contributed by atoms with Crippen LogP contribution < -0.4 is 10.2 Å². The minimum atomic E-state index is -0.765. The Morgan fingerprint density at radius 1 is 1.19 bits per heavy atom. The van der Waals surface area contributed by atoms with Crippen molar-refractivity contribution in [2.75, 3.05) is 4.90 Å². The molecule has 1 heterocycles. The summed E-state index contributed by atoms with van der Waals surface area (Å²) in [5.74, 6) is -1.05. The second kappa shape index (κ2) is 6.85. The molecule has 130 valence electrons. The normalized spacial score (nSPS) is 16.9. The van der Waals surface area contributed by atoms with Crippen LogP contribution in [0, 0.1) is 27.3 Å². The Hall–Kier alpha value is -3.38. The number of nitro groups is 1. The lowest BCUT2D eigenvalue weighted by Crippen LogP contribution is -2.46. The van der Waals surface area contributed by atoms with Crippen molar-refractivity contribution in [1.82, 2.24) is 5.32 Å². The lowest BCUT2D eigenvalue weighted by Gasteiger charge is -2.37. The number of nitro benzene ring substituents is 1. The third-order valence-corrected chi connectivity index (χ3v) is 4.28. The van der Waals surface area contributed by atoms with Gasteiger partial charge in [-0.1, -0.05) is 0 Å². The van der Waals surface area contributed by atoms with E-state index in [0.29, 0.717) is 11.3 Å². The quantitative estimate of drug-likeness (QED) is 0.491. The molecule has 7 nitrogen and oxygen atoms in total. The van der Waals surface area contributed by atoms with Crippen LogP contribution in [0.1, 0.15) is 11.7 Å². The first-order valence-corrected chi connectivity index (χ1v) is 7.80. The number of thiol groups is 1. The molecule has 0 bridgehead atoms. The summed E-state index contributed by atoms with van der Waals surface area (Å²) < 4.78 is 13.3. The van der Waals surface area contributed by atoms with E-state index in [1.165, 1.54) is 48.5 Å². The number of carbonyl (C=O) groups is 1. The van der Waals surface area contributed by atoms with Crippen LogP contribution in [0.5, 0.6) is 0 Å². The number of nitrogens with zero attached hydrogens (tertiary/aromatic N) is 3. The zero-order valence-corrected chi connectivity index (χ0v) is 14.0. The zero-order valence-electron chi connectivity index (χ0n) is 13.1. The maximum absolute atomic E-state index is 13.3. The molecule has 2 aromatic carbocycles. The van der Waals surface area contributed by atoms with Gasteiger partial charge in [-0.05, 0) is 42.0 Å². The van der Waals surface area contributed by atoms with E-state index in [-0.39, 0.29) is 16.3 Å². The summed E-state index contributed by atoms with van der Waals surface area (Å²) in [6.07, 6.45) is -0.765. The van der Waals surface area contributed by atoms with Gasteiger partial charge in [0, 0.05) is 17.8 Å². The molecule has 2 aromatic rings. The molecule has 9 heteroatoms. The van der Waals surface area contributed by atoms with Crippen LogP contribution in [-0.2, 0) is 4.79 Å². The predicted octanol–water partition coefficient (Wildman–Crippen LogP) is 3.03. The minimum Gasteiger partial charge on any atom is -0.327 e. The number of rotatable bonds is 3. The highest BCUT2D eigenvalue weighted by atomic mass is 32.1. The highest BCUT2D eigenvalue weighted by Crippen LogP contribution is 2.36. The summed E-state index contributed by atoms with van der Waals surface area (Å²) in [4.78, 5) is 24.0. The molecule has 0 spiro atoms. The Kier molecular flexibility index (Phi) is 4.60. The average molecular weight is 370 g/mol. The number of nitrogens with one attached hydrogen (secondary N) is 1. The molecule has 1 N–H and O–H groups in total. The number of anilines is 1. The van der Waals surface area contributed by atoms with Gasteiger partial charge in [-0.3, -0.25) is 14.9 Å². The molecule has 0 saturated heterocycles. The molecule has 1 atom stereocenters. The van der Waals surface area contributed by atoms with Crippen LogP contribution in [0.15, 0.2) is 59.1 Å². The summed E-state index contributed by atoms with van der Waals surface area (Å²) >= 11 is 4.31. The Bertz CT molecular complexity index is 951. The van der Waals surface area contributed by atoms with Crippen molar-refractivity contribution >= 4 is 29.9 Å². The molecular formula is C17H11FN4O3S. The molecule has 0 aromatic heterocycles. The number of amides is 1. The van der Waals surface area contributed by atoms with Crippen molar-refractivity contribution in [3.05, 3.63) is 80.6 Å². The van der Waals surface area contributed by atoms with Gasteiger partial charge in [-0.25, -0.2) is 4.39 Å². The van der Waals surface area contributed by atoms with Gasteiger partial charge >= 0.3 is 0 Å². The van der Waals surface area contributed by atoms with E-state index in [1.54, 1.807) is 11.0 Å². The molecule has 0 fully saturated rings. The largest absolute Gasteiger partial charge is 0.327 e. The first-order valence-electron chi connectivity index (χ1n) is 7.35. The molecule has 1 unspecified atom stereocenters. The molecule has 1 aliphatic rings. The fourth-order valence-corrected chi connectivity index (χ4v) is 2.97. The topological polar surface area (TPSA) is 99.3 Å². The van der Waals surface area contributed by atoms with E-state index in [0.717, 1.165) is 0 Å². The maximum Gasteiger partial charge on any atom is 0.269 e. The van der Waals surface area contributed by atoms with Gasteiger partial charge in [0.15, 0.2) is 0 Å². The Morgan fingerprint density at radius 3 is 2.35 bits per heavy atom. The Balaban J connectivity index is 2.11. The second-order valence-corrected chi connectivity index (χ2v) is 5.81. The van der Waals surface area contributed by atoms with Crippen LogP contribution in [0.2, 0.25) is 0 Å². The fraction of sp³-hybridized carbons (Fsp3) is 0.0588. The number of hydrogen-bond donors (Lipinski definition) is 2. The first-order chi connectivity index (χ1) is 12.4. The van der Waals surface area contributed by atoms with Crippen molar-refractivity contribution in [3.63, 3.8) is 0 Å². The molecule has 1 amide bonds. The van der Waals surface area contributed by atoms with Crippen molar-refractivity contribution in [3.8, 4) is 6.07 Å². The maximum atomic E-state index is 13.3. The fourth-order valence-electron chi connectivity index (χ4n) is 2.59. The molecule has 1 aliphatic heterocycles. The van der Waals surface area contributed by atoms with E-state index in [1.807, 2.05) is 0 Å². The van der Waals surface area contributed by atoms with Gasteiger partial charge in [0.1, 0.15) is 23.6 Å². The lowest BCUT2D eigenvalue weighted by atomic mass is 10.1. The highest BCUT2D eigenvalue weighted by molar-refractivity contribution is 7.84. The monoisotopic (exact) mass is 370 g/mol. The summed E-state index contributed by atoms with van der Waals surface area (Å²) in [5.41, 5.74) is 0.753. The van der Waals surface area contributed by atoms with Gasteiger partial charge in [-0.2, -0.15) is 5.26 Å². The molecule has 0 saturated carbocycles. The number of benzene rings is 2. The summed E-state index contributed by atoms with van der Waals surface area (Å²) in [6.45, 7) is 0. The number of carbonyl (C=O) groups excluding carboxylic acids is 1. The second-order valence-electron chi connectivity index (χ2n) is 5.38. The average Bonchev–Trinajstić information content (AvgIpc) is 2.63. The number of hydrogen-bond acceptors (Lipinski definition) is 6. The molecule has 0 aliphatic carbocycles. The number of non-ortho nitro benzene ring substituents is 1. The predicted molar refractivity (Wildman–Crippen MR) is 94.5 cm³/mol. The van der Waals surface area contributed by atoms with Crippen LogP contribution in [0.25, 0.3) is 0 Å². The van der Waals surface area contributed by atoms with Gasteiger partial charge < -0.3 is 10.2 Å². The van der Waals surface area contributed by atoms with E-state index < -0.39 is 22.8 Å². The minimum absolute atomic E-state index is 0.0939.